The number of hydrogen-bond donors (Lipinski definition) is 2. The fourth-order valence-electron chi connectivity index (χ4n) is 1.54. The summed E-state index contributed by atoms with van der Waals surface area (Å²) in [4.78, 5) is 18.2. The van der Waals surface area contributed by atoms with E-state index in [1.807, 2.05) is 49.2 Å². The molecule has 1 unspecified atom stereocenters. The van der Waals surface area contributed by atoms with Crippen molar-refractivity contribution >= 4 is 57.4 Å². The van der Waals surface area contributed by atoms with Crippen LogP contribution in [0.3, 0.4) is 0 Å². The highest BCUT2D eigenvalue weighted by Crippen LogP contribution is 2.05. The van der Waals surface area contributed by atoms with Crippen molar-refractivity contribution in [1.82, 2.24) is 14.7 Å². The average molecular weight is 478 g/mol. The molecule has 0 saturated heterocycles. The Bertz CT molecular complexity index is 634. The van der Waals surface area contributed by atoms with E-state index in [1.54, 1.807) is 49.3 Å². The van der Waals surface area contributed by atoms with Crippen molar-refractivity contribution in [2.24, 2.45) is 5.92 Å². The van der Waals surface area contributed by atoms with E-state index in [0.717, 1.165) is 11.1 Å². The van der Waals surface area contributed by atoms with Crippen LogP contribution in [0.2, 0.25) is 0 Å². The standard InChI is InChI=1S/3C7H13NOS/c3*1-5(6(2)9)7(10)8(3)4/h2*9H,1-4H3;5H,1-4H3. The Morgan fingerprint density at radius 2 is 0.933 bits per heavy atom. The highest BCUT2D eigenvalue weighted by molar-refractivity contribution is 7.81. The molecule has 30 heavy (non-hydrogen) atoms. The molecule has 0 fully saturated rings. The van der Waals surface area contributed by atoms with Crippen LogP contribution >= 0.6 is 36.7 Å². The van der Waals surface area contributed by atoms with Crippen LogP contribution in [-0.2, 0) is 4.79 Å². The van der Waals surface area contributed by atoms with Crippen LogP contribution in [-0.4, -0.2) is 87.9 Å². The van der Waals surface area contributed by atoms with Gasteiger partial charge in [-0.1, -0.05) is 36.7 Å². The average Bonchev–Trinajstić information content (AvgIpc) is 2.64. The highest BCUT2D eigenvalue weighted by Gasteiger charge is 2.14. The number of rotatable bonds is 4. The number of aliphatic hydroxyl groups is 2. The van der Waals surface area contributed by atoms with Gasteiger partial charge in [0.05, 0.1) is 22.4 Å². The predicted molar refractivity (Wildman–Crippen MR) is 141 cm³/mol. The third-order valence-corrected chi connectivity index (χ3v) is 6.02. The maximum absolute atomic E-state index is 10.8. The summed E-state index contributed by atoms with van der Waals surface area (Å²) in [5.74, 6) is 0.584. The van der Waals surface area contributed by atoms with Gasteiger partial charge in [-0.3, -0.25) is 4.79 Å². The first-order chi connectivity index (χ1) is 13.4. The molecule has 0 amide bonds. The quantitative estimate of drug-likeness (QED) is 0.345. The van der Waals surface area contributed by atoms with E-state index >= 15 is 0 Å². The number of hydrogen-bond acceptors (Lipinski definition) is 6. The van der Waals surface area contributed by atoms with E-state index in [-0.39, 0.29) is 11.7 Å². The Morgan fingerprint density at radius 1 is 0.667 bits per heavy atom. The first-order valence-corrected chi connectivity index (χ1v) is 10.5. The SMILES string of the molecule is CC(=O)C(C)C(=S)N(C)C.CC(O)=C(C)C(=S)N(C)C.CC(O)=C(C)C(=S)N(C)C. The second kappa shape index (κ2) is 16.2. The molecule has 9 heteroatoms. The van der Waals surface area contributed by atoms with Gasteiger partial charge in [0, 0.05) is 53.4 Å². The summed E-state index contributed by atoms with van der Waals surface area (Å²) >= 11 is 15.0. The van der Waals surface area contributed by atoms with Gasteiger partial charge in [-0.25, -0.2) is 0 Å². The summed E-state index contributed by atoms with van der Waals surface area (Å²) in [6.45, 7) is 10.2. The minimum absolute atomic E-state index is 0.120. The largest absolute Gasteiger partial charge is 0.512 e. The van der Waals surface area contributed by atoms with Crippen molar-refractivity contribution in [3.05, 3.63) is 22.7 Å². The summed E-state index contributed by atoms with van der Waals surface area (Å²) in [7, 11) is 11.1. The molecule has 0 saturated carbocycles. The summed E-state index contributed by atoms with van der Waals surface area (Å²) in [6.07, 6.45) is 0. The van der Waals surface area contributed by atoms with Gasteiger partial charge in [0.1, 0.15) is 15.8 Å². The lowest BCUT2D eigenvalue weighted by Gasteiger charge is -2.17. The van der Waals surface area contributed by atoms with E-state index < -0.39 is 0 Å². The van der Waals surface area contributed by atoms with Crippen molar-refractivity contribution in [1.29, 1.82) is 0 Å². The smallest absolute Gasteiger partial charge is 0.139 e. The number of ketones is 1. The minimum atomic E-state index is -0.120. The monoisotopic (exact) mass is 477 g/mol. The molecule has 0 rings (SSSR count). The fraction of sp³-hybridized carbons (Fsp3) is 0.619. The van der Waals surface area contributed by atoms with Crippen LogP contribution in [0.25, 0.3) is 0 Å². The molecule has 0 spiro atoms. The Labute approximate surface area is 199 Å². The van der Waals surface area contributed by atoms with E-state index in [4.69, 9.17) is 46.9 Å². The Hall–Kier alpha value is -1.58. The van der Waals surface area contributed by atoms with Crippen LogP contribution in [0, 0.1) is 5.92 Å². The van der Waals surface area contributed by atoms with Crippen molar-refractivity contribution < 1.29 is 15.0 Å². The van der Waals surface area contributed by atoms with Crippen LogP contribution in [0.1, 0.15) is 41.5 Å². The van der Waals surface area contributed by atoms with Gasteiger partial charge in [-0.15, -0.1) is 0 Å². The molecule has 0 aromatic rings. The zero-order valence-corrected chi connectivity index (χ0v) is 22.9. The van der Waals surface area contributed by atoms with Gasteiger partial charge in [0.2, 0.25) is 0 Å². The van der Waals surface area contributed by atoms with Gasteiger partial charge in [0.25, 0.3) is 0 Å². The van der Waals surface area contributed by atoms with Gasteiger partial charge in [0.15, 0.2) is 0 Å². The van der Waals surface area contributed by atoms with Gasteiger partial charge >= 0.3 is 0 Å². The first kappa shape index (κ1) is 33.1. The third-order valence-electron chi connectivity index (χ3n) is 3.96. The molecule has 2 N–H and O–H groups in total. The number of nitrogens with zero attached hydrogens (tertiary/aromatic N) is 3. The van der Waals surface area contributed by atoms with Crippen molar-refractivity contribution in [3.63, 3.8) is 0 Å². The molecule has 0 heterocycles. The molecule has 174 valence electrons. The molecule has 0 aliphatic carbocycles. The Morgan fingerprint density at radius 3 is 1.00 bits per heavy atom. The topological polar surface area (TPSA) is 67.2 Å². The van der Waals surface area contributed by atoms with Crippen molar-refractivity contribution in [3.8, 4) is 0 Å². The Kier molecular flexibility index (Phi) is 17.8. The second-order valence-electron chi connectivity index (χ2n) is 7.38. The number of carbonyl (C=O) groups is 1. The van der Waals surface area contributed by atoms with Crippen LogP contribution in [0.15, 0.2) is 22.7 Å². The molecule has 0 aromatic carbocycles. The maximum atomic E-state index is 10.8. The fourth-order valence-corrected chi connectivity index (χ4v) is 2.00. The maximum Gasteiger partial charge on any atom is 0.139 e. The molecular formula is C21H39N3O3S3. The number of carbonyl (C=O) groups excluding carboxylic acids is 1. The number of allylic oxidation sites excluding steroid dienone is 2. The van der Waals surface area contributed by atoms with Crippen molar-refractivity contribution in [2.45, 2.75) is 41.5 Å². The molecule has 0 radical (unpaired) electrons. The number of likely N-dealkylation sites (N-methyl/N-ethyl adjacent to an activating group) is 2. The van der Waals surface area contributed by atoms with Crippen LogP contribution < -0.4 is 0 Å². The molecule has 6 nitrogen and oxygen atoms in total. The van der Waals surface area contributed by atoms with Crippen LogP contribution in [0.4, 0.5) is 0 Å². The summed E-state index contributed by atoms with van der Waals surface area (Å²) in [5.41, 5.74) is 1.53. The third kappa shape index (κ3) is 14.4. The van der Waals surface area contributed by atoms with E-state index in [2.05, 4.69) is 0 Å². The van der Waals surface area contributed by atoms with Gasteiger partial charge in [-0.2, -0.15) is 0 Å². The van der Waals surface area contributed by atoms with Crippen molar-refractivity contribution in [2.75, 3.05) is 42.3 Å². The summed E-state index contributed by atoms with van der Waals surface area (Å²) in [5, 5.41) is 18.0. The van der Waals surface area contributed by atoms with E-state index in [0.29, 0.717) is 26.5 Å². The minimum Gasteiger partial charge on any atom is -0.512 e. The molecular weight excluding hydrogens is 438 g/mol. The Balaban J connectivity index is -0.000000364. The van der Waals surface area contributed by atoms with Gasteiger partial charge in [-0.05, 0) is 41.5 Å². The lowest BCUT2D eigenvalue weighted by atomic mass is 10.1. The van der Waals surface area contributed by atoms with Gasteiger partial charge < -0.3 is 24.9 Å². The molecule has 0 aromatic heterocycles. The zero-order chi connectivity index (χ0) is 24.9. The lowest BCUT2D eigenvalue weighted by molar-refractivity contribution is -0.118. The normalized spacial score (nSPS) is 12.4. The molecule has 0 aliphatic heterocycles. The molecule has 0 bridgehead atoms. The van der Waals surface area contributed by atoms with E-state index in [1.165, 1.54) is 0 Å². The number of thiocarbonyl (C=S) groups is 3. The molecule has 1 atom stereocenters. The zero-order valence-electron chi connectivity index (χ0n) is 20.4. The predicted octanol–water partition coefficient (Wildman–Crippen LogP) is 4.56. The highest BCUT2D eigenvalue weighted by atomic mass is 32.1. The summed E-state index contributed by atoms with van der Waals surface area (Å²) in [6, 6.07) is 0. The number of aliphatic hydroxyl groups excluding tert-OH is 2. The van der Waals surface area contributed by atoms with E-state index in [9.17, 15) is 4.79 Å². The summed E-state index contributed by atoms with van der Waals surface area (Å²) < 4.78 is 0. The second-order valence-corrected chi connectivity index (χ2v) is 8.58. The first-order valence-electron chi connectivity index (χ1n) is 9.27. The van der Waals surface area contributed by atoms with Crippen LogP contribution in [0.5, 0.6) is 0 Å². The lowest BCUT2D eigenvalue weighted by Crippen LogP contribution is -2.29. The molecule has 0 aliphatic rings. The number of Topliss-reactive ketones (excluding diaryl/α,β-unsaturated/α-hetero) is 1.